The minimum absolute atomic E-state index is 0.155. The Morgan fingerprint density at radius 1 is 0.759 bits per heavy atom. The first-order valence-corrected chi connectivity index (χ1v) is 11.1. The predicted octanol–water partition coefficient (Wildman–Crippen LogP) is 6.42. The lowest BCUT2D eigenvalue weighted by Crippen LogP contribution is -2.17. The highest BCUT2D eigenvalue weighted by Crippen LogP contribution is 2.20. The number of aromatic hydroxyl groups is 1. The third-order valence-corrected chi connectivity index (χ3v) is 4.93. The Hall–Kier alpha value is -2.04. The van der Waals surface area contributed by atoms with Crippen molar-refractivity contribution in [2.24, 2.45) is 0 Å². The van der Waals surface area contributed by atoms with Crippen LogP contribution in [-0.4, -0.2) is 29.3 Å². The van der Waals surface area contributed by atoms with Gasteiger partial charge in [-0.05, 0) is 57.7 Å². The molecule has 29 heavy (non-hydrogen) atoms. The second kappa shape index (κ2) is 14.0. The molecule has 0 bridgehead atoms. The molecule has 0 spiro atoms. The average molecular weight is 407 g/mol. The van der Waals surface area contributed by atoms with E-state index in [0.29, 0.717) is 0 Å². The zero-order valence-corrected chi connectivity index (χ0v) is 18.5. The van der Waals surface area contributed by atoms with Gasteiger partial charge in [0.05, 0.1) is 23.3 Å². The van der Waals surface area contributed by atoms with Crippen molar-refractivity contribution in [2.45, 2.75) is 104 Å². The number of hydrogen-bond donors (Lipinski definition) is 1. The first kappa shape index (κ1) is 25.0. The lowest BCUT2D eigenvalue weighted by molar-refractivity contribution is 0.0317. The summed E-state index contributed by atoms with van der Waals surface area (Å²) < 4.78 is 10.9. The van der Waals surface area contributed by atoms with Crippen LogP contribution in [0.5, 0.6) is 5.75 Å². The van der Waals surface area contributed by atoms with Gasteiger partial charge >= 0.3 is 11.9 Å². The van der Waals surface area contributed by atoms with E-state index < -0.39 is 11.9 Å². The summed E-state index contributed by atoms with van der Waals surface area (Å²) >= 11 is 0. The number of esters is 2. The Morgan fingerprint density at radius 2 is 1.17 bits per heavy atom. The van der Waals surface area contributed by atoms with E-state index in [1.165, 1.54) is 31.0 Å². The average Bonchev–Trinajstić information content (AvgIpc) is 2.68. The van der Waals surface area contributed by atoms with Gasteiger partial charge in [-0.3, -0.25) is 0 Å². The van der Waals surface area contributed by atoms with Gasteiger partial charge in [-0.2, -0.15) is 0 Å². The zero-order chi connectivity index (χ0) is 21.6. The van der Waals surface area contributed by atoms with Crippen LogP contribution in [0.4, 0.5) is 0 Å². The van der Waals surface area contributed by atoms with Crippen molar-refractivity contribution in [1.29, 1.82) is 0 Å². The maximum atomic E-state index is 12.4. The Labute approximate surface area is 175 Å². The van der Waals surface area contributed by atoms with Crippen molar-refractivity contribution in [3.63, 3.8) is 0 Å². The predicted molar refractivity (Wildman–Crippen MR) is 115 cm³/mol. The molecule has 5 heteroatoms. The fourth-order valence-corrected chi connectivity index (χ4v) is 3.18. The molecule has 0 aliphatic rings. The van der Waals surface area contributed by atoms with Crippen molar-refractivity contribution in [3.05, 3.63) is 29.3 Å². The minimum atomic E-state index is -0.537. The smallest absolute Gasteiger partial charge is 0.338 e. The van der Waals surface area contributed by atoms with Crippen LogP contribution in [-0.2, 0) is 9.47 Å². The topological polar surface area (TPSA) is 72.8 Å². The molecule has 0 saturated heterocycles. The van der Waals surface area contributed by atoms with Crippen LogP contribution in [0.25, 0.3) is 0 Å². The summed E-state index contributed by atoms with van der Waals surface area (Å²) in [4.78, 5) is 24.8. The van der Waals surface area contributed by atoms with Crippen molar-refractivity contribution < 1.29 is 24.2 Å². The lowest BCUT2D eigenvalue weighted by Gasteiger charge is -2.15. The van der Waals surface area contributed by atoms with E-state index in [9.17, 15) is 14.7 Å². The van der Waals surface area contributed by atoms with Crippen molar-refractivity contribution in [3.8, 4) is 5.75 Å². The SMILES string of the molecule is CCCCCCC(C)OC(=O)c1cc(O)cc(C(=O)OC(C)CCCCCC)c1. The molecule has 1 rings (SSSR count). The second-order valence-electron chi connectivity index (χ2n) is 7.90. The fraction of sp³-hybridized carbons (Fsp3) is 0.667. The Morgan fingerprint density at radius 3 is 1.55 bits per heavy atom. The second-order valence-corrected chi connectivity index (χ2v) is 7.90. The lowest BCUT2D eigenvalue weighted by atomic mass is 10.1. The van der Waals surface area contributed by atoms with Gasteiger partial charge in [0.1, 0.15) is 5.75 Å². The maximum Gasteiger partial charge on any atom is 0.338 e. The molecule has 1 aromatic carbocycles. The van der Waals surface area contributed by atoms with E-state index in [1.54, 1.807) is 0 Å². The summed E-state index contributed by atoms with van der Waals surface area (Å²) in [5.74, 6) is -1.23. The van der Waals surface area contributed by atoms with Crippen LogP contribution in [0.15, 0.2) is 18.2 Å². The molecule has 0 aromatic heterocycles. The summed E-state index contributed by atoms with van der Waals surface area (Å²) in [5.41, 5.74) is 0.320. The van der Waals surface area contributed by atoms with E-state index in [-0.39, 0.29) is 29.1 Å². The molecule has 0 heterocycles. The standard InChI is InChI=1S/C24H38O5/c1-5-7-9-11-13-18(3)28-23(26)20-15-21(17-22(25)16-20)24(27)29-19(4)14-12-10-8-6-2/h15-19,25H,5-14H2,1-4H3. The zero-order valence-electron chi connectivity index (χ0n) is 18.5. The molecule has 0 aliphatic heterocycles. The number of hydrogen-bond acceptors (Lipinski definition) is 5. The van der Waals surface area contributed by atoms with Crippen LogP contribution in [0.3, 0.4) is 0 Å². The normalized spacial score (nSPS) is 13.0. The molecule has 0 fully saturated rings. The van der Waals surface area contributed by atoms with Crippen molar-refractivity contribution in [2.75, 3.05) is 0 Å². The number of rotatable bonds is 14. The Kier molecular flexibility index (Phi) is 12.1. The van der Waals surface area contributed by atoms with Crippen LogP contribution >= 0.6 is 0 Å². The molecule has 2 unspecified atom stereocenters. The van der Waals surface area contributed by atoms with Gasteiger partial charge in [-0.1, -0.05) is 52.4 Å². The Bertz CT molecular complexity index is 575. The summed E-state index contributed by atoms with van der Waals surface area (Å²) in [5, 5.41) is 9.95. The molecule has 0 saturated carbocycles. The van der Waals surface area contributed by atoms with Crippen LogP contribution in [0.1, 0.15) is 113 Å². The largest absolute Gasteiger partial charge is 0.508 e. The number of unbranched alkanes of at least 4 members (excludes halogenated alkanes) is 6. The Balaban J connectivity index is 2.62. The molecule has 164 valence electrons. The number of ether oxygens (including phenoxy) is 2. The van der Waals surface area contributed by atoms with E-state index in [4.69, 9.17) is 9.47 Å². The summed E-state index contributed by atoms with van der Waals surface area (Å²) in [6, 6.07) is 4.06. The molecule has 0 amide bonds. The van der Waals surface area contributed by atoms with Gasteiger partial charge in [-0.25, -0.2) is 9.59 Å². The highest BCUT2D eigenvalue weighted by Gasteiger charge is 2.18. The quantitative estimate of drug-likeness (QED) is 0.285. The fourth-order valence-electron chi connectivity index (χ4n) is 3.18. The molecule has 5 nitrogen and oxygen atoms in total. The van der Waals surface area contributed by atoms with Gasteiger partial charge in [0.25, 0.3) is 0 Å². The number of phenols is 1. The molecule has 0 aliphatic carbocycles. The van der Waals surface area contributed by atoms with Crippen LogP contribution in [0, 0.1) is 0 Å². The highest BCUT2D eigenvalue weighted by atomic mass is 16.5. The number of carbonyl (C=O) groups excluding carboxylic acids is 2. The molecular weight excluding hydrogens is 368 g/mol. The van der Waals surface area contributed by atoms with Crippen LogP contribution < -0.4 is 0 Å². The first-order valence-electron chi connectivity index (χ1n) is 11.1. The highest BCUT2D eigenvalue weighted by molar-refractivity contribution is 5.96. The van der Waals surface area contributed by atoms with Crippen molar-refractivity contribution in [1.82, 2.24) is 0 Å². The van der Waals surface area contributed by atoms with E-state index in [1.807, 2.05) is 13.8 Å². The molecule has 2 atom stereocenters. The molecule has 0 radical (unpaired) electrons. The van der Waals surface area contributed by atoms with Crippen LogP contribution in [0.2, 0.25) is 0 Å². The van der Waals surface area contributed by atoms with Gasteiger partial charge in [0, 0.05) is 0 Å². The van der Waals surface area contributed by atoms with Gasteiger partial charge in [0.15, 0.2) is 0 Å². The number of phenolic OH excluding ortho intramolecular Hbond substituents is 1. The van der Waals surface area contributed by atoms with Gasteiger partial charge in [-0.15, -0.1) is 0 Å². The summed E-state index contributed by atoms with van der Waals surface area (Å²) in [7, 11) is 0. The molecule has 1 aromatic rings. The van der Waals surface area contributed by atoms with Gasteiger partial charge in [0.2, 0.25) is 0 Å². The number of benzene rings is 1. The van der Waals surface area contributed by atoms with E-state index >= 15 is 0 Å². The third kappa shape index (κ3) is 10.3. The van der Waals surface area contributed by atoms with E-state index in [2.05, 4.69) is 13.8 Å². The first-order chi connectivity index (χ1) is 13.9. The van der Waals surface area contributed by atoms with Crippen molar-refractivity contribution >= 4 is 11.9 Å². The van der Waals surface area contributed by atoms with E-state index in [0.717, 1.165) is 51.4 Å². The summed E-state index contributed by atoms with van der Waals surface area (Å²) in [6.07, 6.45) is 10.1. The maximum absolute atomic E-state index is 12.4. The molecular formula is C24H38O5. The third-order valence-electron chi connectivity index (χ3n) is 4.93. The summed E-state index contributed by atoms with van der Waals surface area (Å²) in [6.45, 7) is 8.03. The number of carbonyl (C=O) groups is 2. The minimum Gasteiger partial charge on any atom is -0.508 e. The van der Waals surface area contributed by atoms with Gasteiger partial charge < -0.3 is 14.6 Å². The monoisotopic (exact) mass is 406 g/mol. The molecule has 1 N–H and O–H groups in total.